The first kappa shape index (κ1) is 25.0. The van der Waals surface area contributed by atoms with Crippen LogP contribution in [0.1, 0.15) is 40.5 Å². The van der Waals surface area contributed by atoms with Gasteiger partial charge in [0, 0.05) is 33.9 Å². The molecule has 0 saturated heterocycles. The third-order valence-corrected chi connectivity index (χ3v) is 11.7. The lowest BCUT2D eigenvalue weighted by molar-refractivity contribution is -0.124. The highest BCUT2D eigenvalue weighted by Gasteiger charge is 2.32. The van der Waals surface area contributed by atoms with E-state index in [1.807, 2.05) is 0 Å². The smallest absolute Gasteiger partial charge is 0.337 e. The molecule has 2 atom stereocenters. The summed E-state index contributed by atoms with van der Waals surface area (Å²) in [5, 5.41) is 0. The van der Waals surface area contributed by atoms with E-state index in [9.17, 15) is 9.36 Å². The van der Waals surface area contributed by atoms with Crippen LogP contribution in [0.3, 0.4) is 0 Å². The normalized spacial score (nSPS) is 15.2. The van der Waals surface area contributed by atoms with Crippen molar-refractivity contribution < 1.29 is 27.6 Å². The van der Waals surface area contributed by atoms with Crippen LogP contribution in [0.2, 0.25) is 18.1 Å². The lowest BCUT2D eigenvalue weighted by atomic mass is 9.97. The Balaban J connectivity index is 4.54. The van der Waals surface area contributed by atoms with Crippen molar-refractivity contribution in [1.82, 2.24) is 0 Å². The van der Waals surface area contributed by atoms with Crippen molar-refractivity contribution in [3.8, 4) is 0 Å². The van der Waals surface area contributed by atoms with Gasteiger partial charge in [-0.2, -0.15) is 0 Å². The second-order valence-corrected chi connectivity index (χ2v) is 13.4. The first-order valence-corrected chi connectivity index (χ1v) is 13.4. The molecule has 0 radical (unpaired) electrons. The number of carbonyl (C=O) groups excluding carboxylic acids is 1. The number of hydrogen-bond acceptors (Lipinski definition) is 6. The average Bonchev–Trinajstić information content (AvgIpc) is 2.64. The molecule has 0 spiro atoms. The summed E-state index contributed by atoms with van der Waals surface area (Å²) in [6, 6.07) is 3.39. The van der Waals surface area contributed by atoms with Crippen LogP contribution in [0, 0.1) is 5.92 Å². The Hall–Kier alpha value is -0.0431. The molecule has 0 amide bonds. The lowest BCUT2D eigenvalue weighted by Crippen LogP contribution is -2.36. The third-order valence-electron chi connectivity index (χ3n) is 5.25. The van der Waals surface area contributed by atoms with Crippen LogP contribution in [0.5, 0.6) is 0 Å². The summed E-state index contributed by atoms with van der Waals surface area (Å²) in [6.07, 6.45) is 1.13. The minimum atomic E-state index is -3.33. The maximum Gasteiger partial charge on any atom is 0.337 e. The third kappa shape index (κ3) is 8.02. The molecule has 0 aromatic heterocycles. The zero-order chi connectivity index (χ0) is 19.5. The summed E-state index contributed by atoms with van der Waals surface area (Å²) in [5.41, 5.74) is 0. The molecule has 25 heavy (non-hydrogen) atoms. The van der Waals surface area contributed by atoms with Crippen LogP contribution in [0.15, 0.2) is 0 Å². The fraction of sp³-hybridized carbons (Fsp3) is 0.941. The summed E-state index contributed by atoms with van der Waals surface area (Å²) >= 11 is 0. The van der Waals surface area contributed by atoms with Crippen LogP contribution >= 0.6 is 7.60 Å². The molecule has 0 fully saturated rings. The molecule has 0 heterocycles. The number of Topliss-reactive ketones (excluding diaryl/α,β-unsaturated/α-hetero) is 1. The standard InChI is InChI=1S/C17H37O6PSi/c1-8-25(9-2,10-3)23-13-11-12-17(20-5)15(4)16(18)14-24(19,21-6)22-7/h15,17H,8-14H2,1-7H3/t15-,17+/m0/s1. The predicted molar refractivity (Wildman–Crippen MR) is 104 cm³/mol. The number of methoxy groups -OCH3 is 1. The molecule has 6 nitrogen and oxygen atoms in total. The van der Waals surface area contributed by atoms with Crippen molar-refractivity contribution in [2.75, 3.05) is 34.1 Å². The van der Waals surface area contributed by atoms with Gasteiger partial charge >= 0.3 is 7.60 Å². The van der Waals surface area contributed by atoms with Gasteiger partial charge in [0.1, 0.15) is 11.9 Å². The lowest BCUT2D eigenvalue weighted by Gasteiger charge is -2.28. The van der Waals surface area contributed by atoms with Gasteiger partial charge in [-0.3, -0.25) is 9.36 Å². The summed E-state index contributed by atoms with van der Waals surface area (Å²) in [4.78, 5) is 12.4. The van der Waals surface area contributed by atoms with Crippen molar-refractivity contribution >= 4 is 21.7 Å². The van der Waals surface area contributed by atoms with Gasteiger partial charge in [0.25, 0.3) is 0 Å². The Bertz CT molecular complexity index is 411. The van der Waals surface area contributed by atoms with E-state index in [2.05, 4.69) is 20.8 Å². The van der Waals surface area contributed by atoms with E-state index in [4.69, 9.17) is 18.2 Å². The fourth-order valence-corrected chi connectivity index (χ4v) is 6.71. The van der Waals surface area contributed by atoms with Crippen molar-refractivity contribution in [2.24, 2.45) is 5.92 Å². The summed E-state index contributed by atoms with van der Waals surface area (Å²) in [6.45, 7) is 9.14. The molecule has 0 N–H and O–H groups in total. The Morgan fingerprint density at radius 1 is 1.04 bits per heavy atom. The topological polar surface area (TPSA) is 71.1 Å². The second-order valence-electron chi connectivity index (χ2n) is 6.40. The first-order chi connectivity index (χ1) is 11.8. The van der Waals surface area contributed by atoms with Gasteiger partial charge in [-0.1, -0.05) is 27.7 Å². The summed E-state index contributed by atoms with van der Waals surface area (Å²) in [7, 11) is -0.717. The van der Waals surface area contributed by atoms with Crippen LogP contribution in [0.4, 0.5) is 0 Å². The molecule has 0 aliphatic rings. The number of carbonyl (C=O) groups is 1. The van der Waals surface area contributed by atoms with Crippen molar-refractivity contribution in [3.05, 3.63) is 0 Å². The summed E-state index contributed by atoms with van der Waals surface area (Å²) < 4.78 is 33.6. The zero-order valence-corrected chi connectivity index (χ0v) is 18.9. The van der Waals surface area contributed by atoms with E-state index in [1.54, 1.807) is 14.0 Å². The number of ether oxygens (including phenoxy) is 1. The average molecular weight is 397 g/mol. The highest BCUT2D eigenvalue weighted by atomic mass is 31.2. The van der Waals surface area contributed by atoms with Crippen LogP contribution in [-0.4, -0.2) is 54.3 Å². The molecule has 0 bridgehead atoms. The van der Waals surface area contributed by atoms with Crippen molar-refractivity contribution in [3.63, 3.8) is 0 Å². The Labute approximate surface area is 154 Å². The Morgan fingerprint density at radius 3 is 1.96 bits per heavy atom. The number of ketones is 1. The zero-order valence-electron chi connectivity index (χ0n) is 17.0. The highest BCUT2D eigenvalue weighted by Crippen LogP contribution is 2.46. The van der Waals surface area contributed by atoms with Crippen LogP contribution in [-0.2, 0) is 27.6 Å². The summed E-state index contributed by atoms with van der Waals surface area (Å²) in [5.74, 6) is -0.534. The minimum Gasteiger partial charge on any atom is -0.417 e. The molecule has 150 valence electrons. The van der Waals surface area contributed by atoms with Gasteiger partial charge in [-0.15, -0.1) is 0 Å². The maximum atomic E-state index is 12.4. The van der Waals surface area contributed by atoms with Gasteiger partial charge in [0.2, 0.25) is 0 Å². The molecule has 0 aromatic carbocycles. The molecule has 0 unspecified atom stereocenters. The number of hydrogen-bond donors (Lipinski definition) is 0. The monoisotopic (exact) mass is 396 g/mol. The van der Waals surface area contributed by atoms with Gasteiger partial charge in [0.05, 0.1) is 6.10 Å². The largest absolute Gasteiger partial charge is 0.417 e. The first-order valence-electron chi connectivity index (χ1n) is 9.16. The highest BCUT2D eigenvalue weighted by molar-refractivity contribution is 7.54. The molecule has 0 saturated carbocycles. The molecule has 0 rings (SSSR count). The van der Waals surface area contributed by atoms with Gasteiger partial charge in [0.15, 0.2) is 8.32 Å². The van der Waals surface area contributed by atoms with E-state index in [1.165, 1.54) is 14.2 Å². The Kier molecular flexibility index (Phi) is 12.3. The van der Waals surface area contributed by atoms with E-state index < -0.39 is 15.9 Å². The number of rotatable bonds is 15. The van der Waals surface area contributed by atoms with E-state index >= 15 is 0 Å². The molecule has 8 heteroatoms. The van der Waals surface area contributed by atoms with Gasteiger partial charge < -0.3 is 18.2 Å². The molecule has 0 aliphatic carbocycles. The van der Waals surface area contributed by atoms with Crippen molar-refractivity contribution in [1.29, 1.82) is 0 Å². The van der Waals surface area contributed by atoms with E-state index in [0.717, 1.165) is 31.0 Å². The van der Waals surface area contributed by atoms with E-state index in [-0.39, 0.29) is 24.0 Å². The molecule has 0 aromatic rings. The van der Waals surface area contributed by atoms with Gasteiger partial charge in [-0.05, 0) is 31.0 Å². The quantitative estimate of drug-likeness (QED) is 0.231. The minimum absolute atomic E-state index is 0.167. The maximum absolute atomic E-state index is 12.4. The molecular formula is C17H37O6PSi. The van der Waals surface area contributed by atoms with E-state index in [0.29, 0.717) is 6.61 Å². The second kappa shape index (κ2) is 12.4. The van der Waals surface area contributed by atoms with Crippen LogP contribution in [0.25, 0.3) is 0 Å². The van der Waals surface area contributed by atoms with Crippen molar-refractivity contribution in [2.45, 2.75) is 64.8 Å². The SMILES string of the molecule is CC[Si](CC)(CC)OCCC[C@@H](OC)[C@@H](C)C(=O)CP(=O)(OC)OC. The predicted octanol–water partition coefficient (Wildman–Crippen LogP) is 4.49. The Morgan fingerprint density at radius 2 is 1.56 bits per heavy atom. The van der Waals surface area contributed by atoms with Gasteiger partial charge in [-0.25, -0.2) is 0 Å². The molecule has 0 aliphatic heterocycles. The van der Waals surface area contributed by atoms with Crippen LogP contribution < -0.4 is 0 Å². The molecular weight excluding hydrogens is 359 g/mol. The fourth-order valence-electron chi connectivity index (χ4n) is 2.95.